The van der Waals surface area contributed by atoms with Crippen LogP contribution in [0, 0.1) is 5.82 Å². The van der Waals surface area contributed by atoms with Crippen LogP contribution < -0.4 is 15.5 Å². The molecule has 7 nitrogen and oxygen atoms in total. The van der Waals surface area contributed by atoms with Crippen LogP contribution in [-0.4, -0.2) is 52.9 Å². The number of piperidine rings is 1. The van der Waals surface area contributed by atoms with Crippen molar-refractivity contribution in [1.29, 1.82) is 0 Å². The van der Waals surface area contributed by atoms with Gasteiger partial charge in [-0.25, -0.2) is 4.39 Å². The predicted octanol–water partition coefficient (Wildman–Crippen LogP) is 2.20. The van der Waals surface area contributed by atoms with Crippen molar-refractivity contribution in [3.63, 3.8) is 0 Å². The zero-order chi connectivity index (χ0) is 19.8. The fourth-order valence-electron chi connectivity index (χ4n) is 3.52. The normalized spacial score (nSPS) is 17.6. The van der Waals surface area contributed by atoms with E-state index in [4.69, 9.17) is 4.99 Å². The molecule has 2 aromatic rings. The summed E-state index contributed by atoms with van der Waals surface area (Å²) in [4.78, 5) is 6.94. The quantitative estimate of drug-likeness (QED) is 0.563. The maximum atomic E-state index is 13.6. The van der Waals surface area contributed by atoms with Crippen molar-refractivity contribution in [2.45, 2.75) is 45.7 Å². The lowest BCUT2D eigenvalue weighted by atomic mass is 10.0. The van der Waals surface area contributed by atoms with Crippen molar-refractivity contribution in [3.8, 4) is 0 Å². The summed E-state index contributed by atoms with van der Waals surface area (Å²) in [6.07, 6.45) is 4.75. The van der Waals surface area contributed by atoms with E-state index in [0.717, 1.165) is 62.9 Å². The highest BCUT2D eigenvalue weighted by atomic mass is 19.1. The van der Waals surface area contributed by atoms with E-state index < -0.39 is 0 Å². The minimum absolute atomic E-state index is 0.192. The average molecular weight is 388 g/mol. The highest BCUT2D eigenvalue weighted by molar-refractivity contribution is 5.80. The van der Waals surface area contributed by atoms with Gasteiger partial charge in [-0.3, -0.25) is 4.99 Å². The lowest BCUT2D eigenvalue weighted by Gasteiger charge is -2.35. The number of aromatic nitrogens is 3. The van der Waals surface area contributed by atoms with Crippen LogP contribution in [0.3, 0.4) is 0 Å². The molecule has 1 unspecified atom stereocenters. The van der Waals surface area contributed by atoms with Gasteiger partial charge in [0.25, 0.3) is 0 Å². The van der Waals surface area contributed by atoms with Crippen molar-refractivity contribution >= 4 is 11.6 Å². The van der Waals surface area contributed by atoms with E-state index in [1.165, 1.54) is 6.07 Å². The molecular formula is C20H30FN7. The average Bonchev–Trinajstić information content (AvgIpc) is 3.16. The van der Waals surface area contributed by atoms with E-state index in [2.05, 4.69) is 39.6 Å². The summed E-state index contributed by atoms with van der Waals surface area (Å²) < 4.78 is 15.6. The molecule has 3 rings (SSSR count). The van der Waals surface area contributed by atoms with Crippen LogP contribution in [0.1, 0.15) is 32.5 Å². The predicted molar refractivity (Wildman–Crippen MR) is 110 cm³/mol. The lowest BCUT2D eigenvalue weighted by Crippen LogP contribution is -2.51. The summed E-state index contributed by atoms with van der Waals surface area (Å²) in [6.45, 7) is 8.13. The Hall–Kier alpha value is -2.64. The van der Waals surface area contributed by atoms with Gasteiger partial charge in [0, 0.05) is 44.3 Å². The molecule has 8 heteroatoms. The molecule has 1 atom stereocenters. The van der Waals surface area contributed by atoms with Gasteiger partial charge in [-0.2, -0.15) is 0 Å². The topological polar surface area (TPSA) is 70.4 Å². The molecule has 0 aliphatic carbocycles. The second-order valence-corrected chi connectivity index (χ2v) is 6.96. The van der Waals surface area contributed by atoms with Crippen molar-refractivity contribution in [1.82, 2.24) is 25.4 Å². The molecule has 1 fully saturated rings. The standard InChI is InChI=1S/C20H30FN7/c1-3-19-26-24-15-28(19)12-10-23-20(22-4-2)25-17-8-6-11-27(14-17)18-9-5-7-16(21)13-18/h5,7,9,13,15,17H,3-4,6,8,10-12,14H2,1-2H3,(H2,22,23,25). The van der Waals surface area contributed by atoms with E-state index in [0.29, 0.717) is 6.54 Å². The number of guanidine groups is 1. The first-order chi connectivity index (χ1) is 13.7. The number of aliphatic imine (C=N–C) groups is 1. The van der Waals surface area contributed by atoms with E-state index in [-0.39, 0.29) is 11.9 Å². The third-order valence-electron chi connectivity index (χ3n) is 4.90. The summed E-state index contributed by atoms with van der Waals surface area (Å²) in [7, 11) is 0. The Balaban J connectivity index is 1.58. The van der Waals surface area contributed by atoms with Crippen molar-refractivity contribution in [3.05, 3.63) is 42.2 Å². The first-order valence-electron chi connectivity index (χ1n) is 10.1. The van der Waals surface area contributed by atoms with E-state index >= 15 is 0 Å². The minimum Gasteiger partial charge on any atom is -0.369 e. The van der Waals surface area contributed by atoms with Crippen LogP contribution in [0.15, 0.2) is 35.6 Å². The molecule has 0 spiro atoms. The molecule has 0 bridgehead atoms. The van der Waals surface area contributed by atoms with Gasteiger partial charge < -0.3 is 20.1 Å². The number of halogens is 1. The Morgan fingerprint density at radius 2 is 2.25 bits per heavy atom. The summed E-state index contributed by atoms with van der Waals surface area (Å²) in [5.74, 6) is 1.61. The third kappa shape index (κ3) is 5.43. The van der Waals surface area contributed by atoms with Crippen molar-refractivity contribution in [2.75, 3.05) is 31.1 Å². The van der Waals surface area contributed by atoms with Crippen molar-refractivity contribution in [2.24, 2.45) is 4.99 Å². The zero-order valence-corrected chi connectivity index (χ0v) is 16.7. The third-order valence-corrected chi connectivity index (χ3v) is 4.90. The molecule has 1 aliphatic rings. The maximum absolute atomic E-state index is 13.6. The van der Waals surface area contributed by atoms with Crippen LogP contribution in [-0.2, 0) is 13.0 Å². The molecule has 1 aromatic carbocycles. The molecule has 152 valence electrons. The zero-order valence-electron chi connectivity index (χ0n) is 16.7. The Bertz CT molecular complexity index is 773. The summed E-state index contributed by atoms with van der Waals surface area (Å²) in [6, 6.07) is 7.10. The maximum Gasteiger partial charge on any atom is 0.191 e. The fraction of sp³-hybridized carbons (Fsp3) is 0.550. The highest BCUT2D eigenvalue weighted by Crippen LogP contribution is 2.20. The largest absolute Gasteiger partial charge is 0.369 e. The van der Waals surface area contributed by atoms with Gasteiger partial charge in [0.15, 0.2) is 5.96 Å². The Labute approximate surface area is 166 Å². The van der Waals surface area contributed by atoms with Gasteiger partial charge in [0.2, 0.25) is 0 Å². The van der Waals surface area contributed by atoms with E-state index in [1.807, 2.05) is 10.6 Å². The van der Waals surface area contributed by atoms with Crippen molar-refractivity contribution < 1.29 is 4.39 Å². The van der Waals surface area contributed by atoms with Crippen LogP contribution in [0.25, 0.3) is 0 Å². The van der Waals surface area contributed by atoms with Gasteiger partial charge in [-0.05, 0) is 38.0 Å². The number of rotatable bonds is 7. The molecule has 0 radical (unpaired) electrons. The molecular weight excluding hydrogens is 357 g/mol. The number of hydrogen-bond acceptors (Lipinski definition) is 4. The molecule has 1 aromatic heterocycles. The molecule has 1 saturated heterocycles. The van der Waals surface area contributed by atoms with Crippen LogP contribution in [0.4, 0.5) is 10.1 Å². The SMILES string of the molecule is CCNC(=NCCn1cnnc1CC)NC1CCCN(c2cccc(F)c2)C1. The number of benzene rings is 1. The number of hydrogen-bond donors (Lipinski definition) is 2. The molecule has 2 N–H and O–H groups in total. The van der Waals surface area contributed by atoms with E-state index in [1.54, 1.807) is 18.5 Å². The highest BCUT2D eigenvalue weighted by Gasteiger charge is 2.21. The number of anilines is 1. The molecule has 2 heterocycles. The molecule has 28 heavy (non-hydrogen) atoms. The molecule has 0 saturated carbocycles. The fourth-order valence-corrected chi connectivity index (χ4v) is 3.52. The smallest absolute Gasteiger partial charge is 0.191 e. The number of nitrogens with zero attached hydrogens (tertiary/aromatic N) is 5. The summed E-state index contributed by atoms with van der Waals surface area (Å²) in [5.41, 5.74) is 0.938. The van der Waals surface area contributed by atoms with Gasteiger partial charge in [0.05, 0.1) is 6.54 Å². The van der Waals surface area contributed by atoms with Gasteiger partial charge in [-0.15, -0.1) is 10.2 Å². The number of nitrogens with one attached hydrogen (secondary N) is 2. The van der Waals surface area contributed by atoms with Crippen LogP contribution in [0.5, 0.6) is 0 Å². The second-order valence-electron chi connectivity index (χ2n) is 6.96. The number of aryl methyl sites for hydroxylation is 1. The molecule has 1 aliphatic heterocycles. The second kappa shape index (κ2) is 10.1. The molecule has 0 amide bonds. The Morgan fingerprint density at radius 1 is 1.36 bits per heavy atom. The summed E-state index contributed by atoms with van der Waals surface area (Å²) in [5, 5.41) is 14.9. The van der Waals surface area contributed by atoms with Crippen LogP contribution >= 0.6 is 0 Å². The monoisotopic (exact) mass is 387 g/mol. The lowest BCUT2D eigenvalue weighted by molar-refractivity contribution is 0.467. The summed E-state index contributed by atoms with van der Waals surface area (Å²) >= 11 is 0. The van der Waals surface area contributed by atoms with Gasteiger partial charge in [-0.1, -0.05) is 13.0 Å². The van der Waals surface area contributed by atoms with Gasteiger partial charge in [0.1, 0.15) is 18.0 Å². The van der Waals surface area contributed by atoms with Crippen LogP contribution in [0.2, 0.25) is 0 Å². The Kier molecular flexibility index (Phi) is 7.22. The van der Waals surface area contributed by atoms with E-state index in [9.17, 15) is 4.39 Å². The minimum atomic E-state index is -0.192. The Morgan fingerprint density at radius 3 is 3.04 bits per heavy atom. The first-order valence-corrected chi connectivity index (χ1v) is 10.1. The van der Waals surface area contributed by atoms with Gasteiger partial charge >= 0.3 is 0 Å². The first kappa shape index (κ1) is 20.1.